The summed E-state index contributed by atoms with van der Waals surface area (Å²) in [6, 6.07) is 15.1. The van der Waals surface area contributed by atoms with Gasteiger partial charge in [0.2, 0.25) is 5.82 Å². The lowest BCUT2D eigenvalue weighted by Crippen LogP contribution is -2.22. The summed E-state index contributed by atoms with van der Waals surface area (Å²) in [6.45, 7) is 2.45. The zero-order valence-corrected chi connectivity index (χ0v) is 12.6. The number of carbonyl (C=O) groups is 1. The molecule has 0 aliphatic rings. The molecule has 23 heavy (non-hydrogen) atoms. The predicted octanol–water partition coefficient (Wildman–Crippen LogP) is 2.17. The van der Waals surface area contributed by atoms with Gasteiger partial charge in [-0.05, 0) is 24.6 Å². The quantitative estimate of drug-likeness (QED) is 0.799. The standard InChI is InChI=1S/C17H15N5O/c1-12-2-6-15(7-3-12)17(23)18-10-13-4-8-14(9-5-13)16-21-19-11-20-22-16/h2-9,11H,10H2,1H3,(H,18,23). The number of hydrogen-bond acceptors (Lipinski definition) is 5. The molecule has 1 N–H and O–H groups in total. The summed E-state index contributed by atoms with van der Waals surface area (Å²) in [5.74, 6) is 0.386. The molecule has 0 radical (unpaired) electrons. The molecule has 0 unspecified atom stereocenters. The largest absolute Gasteiger partial charge is 0.348 e. The Morgan fingerprint density at radius 1 is 0.957 bits per heavy atom. The van der Waals surface area contributed by atoms with Crippen molar-refractivity contribution in [2.75, 3.05) is 0 Å². The van der Waals surface area contributed by atoms with Crippen molar-refractivity contribution in [3.05, 3.63) is 71.5 Å². The van der Waals surface area contributed by atoms with Gasteiger partial charge in [0.05, 0.1) is 0 Å². The third-order valence-electron chi connectivity index (χ3n) is 3.39. The lowest BCUT2D eigenvalue weighted by Gasteiger charge is -2.06. The van der Waals surface area contributed by atoms with Gasteiger partial charge in [-0.3, -0.25) is 4.79 Å². The van der Waals surface area contributed by atoms with E-state index >= 15 is 0 Å². The van der Waals surface area contributed by atoms with Gasteiger partial charge in [0.1, 0.15) is 0 Å². The van der Waals surface area contributed by atoms with E-state index in [2.05, 4.69) is 25.7 Å². The molecule has 0 bridgehead atoms. The van der Waals surface area contributed by atoms with Gasteiger partial charge in [-0.25, -0.2) is 0 Å². The number of hydrogen-bond donors (Lipinski definition) is 1. The molecule has 0 aliphatic carbocycles. The van der Waals surface area contributed by atoms with Gasteiger partial charge in [-0.2, -0.15) is 0 Å². The maximum absolute atomic E-state index is 12.1. The molecule has 6 heteroatoms. The Labute approximate surface area is 133 Å². The van der Waals surface area contributed by atoms with Crippen LogP contribution in [0.4, 0.5) is 0 Å². The number of aromatic nitrogens is 4. The maximum Gasteiger partial charge on any atom is 0.251 e. The van der Waals surface area contributed by atoms with Gasteiger partial charge in [0.25, 0.3) is 5.91 Å². The van der Waals surface area contributed by atoms with Crippen molar-refractivity contribution in [3.63, 3.8) is 0 Å². The predicted molar refractivity (Wildman–Crippen MR) is 85.4 cm³/mol. The molecule has 2 aromatic carbocycles. The second-order valence-corrected chi connectivity index (χ2v) is 5.12. The molecular weight excluding hydrogens is 290 g/mol. The van der Waals surface area contributed by atoms with Gasteiger partial charge in [-0.15, -0.1) is 20.4 Å². The van der Waals surface area contributed by atoms with Gasteiger partial charge in [0.15, 0.2) is 6.33 Å². The molecule has 0 atom stereocenters. The molecular formula is C17H15N5O. The summed E-state index contributed by atoms with van der Waals surface area (Å²) in [6.07, 6.45) is 1.29. The molecule has 6 nitrogen and oxygen atoms in total. The molecule has 3 rings (SSSR count). The second-order valence-electron chi connectivity index (χ2n) is 5.12. The summed E-state index contributed by atoms with van der Waals surface area (Å²) < 4.78 is 0. The van der Waals surface area contributed by atoms with Crippen LogP contribution in [-0.2, 0) is 6.54 Å². The van der Waals surface area contributed by atoms with Crippen molar-refractivity contribution >= 4 is 5.91 Å². The SMILES string of the molecule is Cc1ccc(C(=O)NCc2ccc(-c3nncnn3)cc2)cc1. The van der Waals surface area contributed by atoms with Crippen molar-refractivity contribution in [1.29, 1.82) is 0 Å². The van der Waals surface area contributed by atoms with E-state index in [0.717, 1.165) is 16.7 Å². The number of nitrogens with one attached hydrogen (secondary N) is 1. The monoisotopic (exact) mass is 305 g/mol. The first kappa shape index (κ1) is 14.8. The molecule has 1 amide bonds. The first-order valence-electron chi connectivity index (χ1n) is 7.17. The van der Waals surface area contributed by atoms with E-state index in [1.54, 1.807) is 0 Å². The van der Waals surface area contributed by atoms with Crippen LogP contribution in [0, 0.1) is 6.92 Å². The minimum absolute atomic E-state index is 0.0890. The van der Waals surface area contributed by atoms with E-state index in [-0.39, 0.29) is 5.91 Å². The van der Waals surface area contributed by atoms with Gasteiger partial charge in [-0.1, -0.05) is 42.0 Å². The average Bonchev–Trinajstić information content (AvgIpc) is 2.61. The highest BCUT2D eigenvalue weighted by atomic mass is 16.1. The highest BCUT2D eigenvalue weighted by Crippen LogP contribution is 2.13. The molecule has 0 saturated heterocycles. The number of nitrogens with zero attached hydrogens (tertiary/aromatic N) is 4. The van der Waals surface area contributed by atoms with E-state index in [4.69, 9.17) is 0 Å². The maximum atomic E-state index is 12.1. The third-order valence-corrected chi connectivity index (χ3v) is 3.39. The Morgan fingerprint density at radius 3 is 2.26 bits per heavy atom. The zero-order chi connectivity index (χ0) is 16.1. The molecule has 0 spiro atoms. The van der Waals surface area contributed by atoms with Crippen LogP contribution >= 0.6 is 0 Å². The third kappa shape index (κ3) is 3.74. The second kappa shape index (κ2) is 6.74. The fourth-order valence-corrected chi connectivity index (χ4v) is 2.08. The van der Waals surface area contributed by atoms with Crippen LogP contribution in [0.3, 0.4) is 0 Å². The van der Waals surface area contributed by atoms with E-state index in [1.165, 1.54) is 6.33 Å². The molecule has 0 aliphatic heterocycles. The molecule has 0 fully saturated rings. The molecule has 3 aromatic rings. The van der Waals surface area contributed by atoms with E-state index in [9.17, 15) is 4.79 Å². The van der Waals surface area contributed by atoms with Crippen LogP contribution in [0.5, 0.6) is 0 Å². The number of aryl methyl sites for hydroxylation is 1. The number of carbonyl (C=O) groups excluding carboxylic acids is 1. The smallest absolute Gasteiger partial charge is 0.251 e. The van der Waals surface area contributed by atoms with Gasteiger partial charge in [0, 0.05) is 17.7 Å². The molecule has 114 valence electrons. The summed E-state index contributed by atoms with van der Waals surface area (Å²) in [5, 5.41) is 18.1. The van der Waals surface area contributed by atoms with E-state index < -0.39 is 0 Å². The summed E-state index contributed by atoms with van der Waals surface area (Å²) in [5.41, 5.74) is 3.61. The van der Waals surface area contributed by atoms with Crippen molar-refractivity contribution < 1.29 is 4.79 Å². The Balaban J connectivity index is 1.62. The minimum atomic E-state index is -0.0890. The number of benzene rings is 2. The fourth-order valence-electron chi connectivity index (χ4n) is 2.08. The molecule has 0 saturated carbocycles. The fraction of sp³-hybridized carbons (Fsp3) is 0.118. The Bertz CT molecular complexity index is 785. The highest BCUT2D eigenvalue weighted by Gasteiger charge is 2.05. The Morgan fingerprint density at radius 2 is 1.61 bits per heavy atom. The van der Waals surface area contributed by atoms with Crippen molar-refractivity contribution in [3.8, 4) is 11.4 Å². The van der Waals surface area contributed by atoms with Gasteiger partial charge < -0.3 is 5.32 Å². The first-order chi connectivity index (χ1) is 11.2. The topological polar surface area (TPSA) is 80.7 Å². The summed E-state index contributed by atoms with van der Waals surface area (Å²) in [7, 11) is 0. The Kier molecular flexibility index (Phi) is 4.33. The molecule has 1 aromatic heterocycles. The average molecular weight is 305 g/mol. The lowest BCUT2D eigenvalue weighted by atomic mass is 10.1. The van der Waals surface area contributed by atoms with Crippen LogP contribution in [-0.4, -0.2) is 26.3 Å². The van der Waals surface area contributed by atoms with Crippen LogP contribution in [0.1, 0.15) is 21.5 Å². The van der Waals surface area contributed by atoms with Crippen LogP contribution < -0.4 is 5.32 Å². The summed E-state index contributed by atoms with van der Waals surface area (Å²) in [4.78, 5) is 12.1. The van der Waals surface area contributed by atoms with Crippen molar-refractivity contribution in [1.82, 2.24) is 25.7 Å². The normalized spacial score (nSPS) is 10.3. The molecule has 1 heterocycles. The summed E-state index contributed by atoms with van der Waals surface area (Å²) >= 11 is 0. The van der Waals surface area contributed by atoms with E-state index in [1.807, 2.05) is 55.5 Å². The van der Waals surface area contributed by atoms with Crippen LogP contribution in [0.15, 0.2) is 54.9 Å². The number of rotatable bonds is 4. The first-order valence-corrected chi connectivity index (χ1v) is 7.17. The van der Waals surface area contributed by atoms with Gasteiger partial charge >= 0.3 is 0 Å². The van der Waals surface area contributed by atoms with Crippen molar-refractivity contribution in [2.45, 2.75) is 13.5 Å². The van der Waals surface area contributed by atoms with Crippen LogP contribution in [0.25, 0.3) is 11.4 Å². The lowest BCUT2D eigenvalue weighted by molar-refractivity contribution is 0.0951. The van der Waals surface area contributed by atoms with Crippen molar-refractivity contribution in [2.24, 2.45) is 0 Å². The highest BCUT2D eigenvalue weighted by molar-refractivity contribution is 5.94. The minimum Gasteiger partial charge on any atom is -0.348 e. The zero-order valence-electron chi connectivity index (χ0n) is 12.6. The Hall–Kier alpha value is -3.15. The van der Waals surface area contributed by atoms with Crippen LogP contribution in [0.2, 0.25) is 0 Å². The van der Waals surface area contributed by atoms with E-state index in [0.29, 0.717) is 17.9 Å². The number of amides is 1.